The van der Waals surface area contributed by atoms with E-state index >= 15 is 0 Å². The first-order chi connectivity index (χ1) is 15.1. The van der Waals surface area contributed by atoms with Crippen molar-refractivity contribution in [1.29, 1.82) is 0 Å². The molecule has 1 unspecified atom stereocenters. The molecular formula is C25H32N4O2. The van der Waals surface area contributed by atoms with E-state index in [0.29, 0.717) is 6.54 Å². The van der Waals surface area contributed by atoms with Gasteiger partial charge in [0.25, 0.3) is 0 Å². The van der Waals surface area contributed by atoms with E-state index in [0.717, 1.165) is 49.8 Å². The summed E-state index contributed by atoms with van der Waals surface area (Å²) in [4.78, 5) is 25.0. The maximum Gasteiger partial charge on any atom is 0.305 e. The molecule has 2 atom stereocenters. The highest BCUT2D eigenvalue weighted by Crippen LogP contribution is 2.52. The highest BCUT2D eigenvalue weighted by molar-refractivity contribution is 5.69. The highest BCUT2D eigenvalue weighted by atomic mass is 16.4. The number of carboxylic acid groups (broad SMARTS) is 1. The average molecular weight is 421 g/mol. The summed E-state index contributed by atoms with van der Waals surface area (Å²) in [5.41, 5.74) is 1.28. The van der Waals surface area contributed by atoms with E-state index in [1.165, 1.54) is 31.2 Å². The number of benzene rings is 1. The van der Waals surface area contributed by atoms with Gasteiger partial charge in [0.1, 0.15) is 5.82 Å². The summed E-state index contributed by atoms with van der Waals surface area (Å²) in [5, 5.41) is 9.57. The number of hydrogen-bond acceptors (Lipinski definition) is 5. The van der Waals surface area contributed by atoms with E-state index in [2.05, 4.69) is 50.1 Å². The molecule has 31 heavy (non-hydrogen) atoms. The maximum absolute atomic E-state index is 11.6. The predicted octanol–water partition coefficient (Wildman–Crippen LogP) is 3.41. The zero-order valence-electron chi connectivity index (χ0n) is 18.1. The third-order valence-electron chi connectivity index (χ3n) is 7.57. The summed E-state index contributed by atoms with van der Waals surface area (Å²) < 4.78 is 0. The topological polar surface area (TPSA) is 69.6 Å². The van der Waals surface area contributed by atoms with Gasteiger partial charge >= 0.3 is 5.97 Å². The van der Waals surface area contributed by atoms with Crippen LogP contribution in [-0.2, 0) is 11.3 Å². The summed E-state index contributed by atoms with van der Waals surface area (Å²) in [6.07, 6.45) is 8.81. The summed E-state index contributed by atoms with van der Waals surface area (Å²) in [6.45, 7) is 4.33. The molecule has 1 saturated carbocycles. The van der Waals surface area contributed by atoms with Crippen LogP contribution in [0.1, 0.15) is 49.4 Å². The van der Waals surface area contributed by atoms with Gasteiger partial charge in [-0.1, -0.05) is 30.3 Å². The lowest BCUT2D eigenvalue weighted by molar-refractivity contribution is -0.147. The number of aromatic nitrogens is 2. The lowest BCUT2D eigenvalue weighted by Crippen LogP contribution is -2.71. The van der Waals surface area contributed by atoms with Crippen LogP contribution in [0.15, 0.2) is 48.8 Å². The predicted molar refractivity (Wildman–Crippen MR) is 118 cm³/mol. The van der Waals surface area contributed by atoms with Gasteiger partial charge in [-0.25, -0.2) is 9.97 Å². The van der Waals surface area contributed by atoms with Gasteiger partial charge in [0.05, 0.1) is 18.5 Å². The Labute approximate surface area is 184 Å². The smallest absolute Gasteiger partial charge is 0.305 e. The second-order valence-electron chi connectivity index (χ2n) is 9.78. The van der Waals surface area contributed by atoms with Gasteiger partial charge in [-0.2, -0.15) is 0 Å². The molecule has 1 N–H and O–H groups in total. The Balaban J connectivity index is 1.13. The molecule has 2 aliphatic heterocycles. The van der Waals surface area contributed by atoms with Gasteiger partial charge < -0.3 is 5.11 Å². The second kappa shape index (κ2) is 8.67. The number of aliphatic carboxylic acids is 1. The Morgan fingerprint density at radius 1 is 1.06 bits per heavy atom. The lowest BCUT2D eigenvalue weighted by Gasteiger charge is -2.57. The van der Waals surface area contributed by atoms with Crippen LogP contribution in [0.3, 0.4) is 0 Å². The number of hydrogen-bond donors (Lipinski definition) is 1. The SMILES string of the molecule is O=C(O)CC1(N2CCC(C[C@@H]3CC3c3ccccc3)CC2)CN(Cc2ncccn2)C1. The molecule has 6 nitrogen and oxygen atoms in total. The molecule has 3 fully saturated rings. The van der Waals surface area contributed by atoms with E-state index < -0.39 is 5.97 Å². The van der Waals surface area contributed by atoms with Crippen LogP contribution < -0.4 is 0 Å². The standard InChI is InChI=1S/C25H32N4O2/c30-24(31)15-25(17-28(18-25)16-23-26-9-4-10-27-23)29-11-7-19(8-12-29)13-21-14-22(21)20-5-2-1-3-6-20/h1-6,9-10,19,21-22H,7-8,11-18H2,(H,30,31)/t21-,22?/m1/s1. The third kappa shape index (κ3) is 4.65. The van der Waals surface area contributed by atoms with Crippen LogP contribution in [0.2, 0.25) is 0 Å². The van der Waals surface area contributed by atoms with Crippen LogP contribution >= 0.6 is 0 Å². The van der Waals surface area contributed by atoms with Gasteiger partial charge in [-0.3, -0.25) is 14.6 Å². The maximum atomic E-state index is 11.6. The Morgan fingerprint density at radius 2 is 1.77 bits per heavy atom. The molecule has 1 aliphatic carbocycles. The Kier molecular flexibility index (Phi) is 5.76. The summed E-state index contributed by atoms with van der Waals surface area (Å²) >= 11 is 0. The van der Waals surface area contributed by atoms with Crippen molar-refractivity contribution >= 4 is 5.97 Å². The number of carbonyl (C=O) groups is 1. The zero-order chi connectivity index (χ0) is 21.3. The normalized spacial score (nSPS) is 26.3. The fourth-order valence-corrected chi connectivity index (χ4v) is 5.90. The number of carboxylic acids is 1. The third-order valence-corrected chi connectivity index (χ3v) is 7.57. The molecule has 2 aromatic rings. The fraction of sp³-hybridized carbons (Fsp3) is 0.560. The van der Waals surface area contributed by atoms with Gasteiger partial charge in [0, 0.05) is 25.5 Å². The molecule has 0 bridgehead atoms. The van der Waals surface area contributed by atoms with E-state index in [9.17, 15) is 9.90 Å². The first kappa shape index (κ1) is 20.6. The molecule has 1 aromatic heterocycles. The first-order valence-electron chi connectivity index (χ1n) is 11.6. The molecule has 0 spiro atoms. The summed E-state index contributed by atoms with van der Waals surface area (Å²) in [7, 11) is 0. The molecule has 6 heteroatoms. The molecule has 0 radical (unpaired) electrons. The van der Waals surface area contributed by atoms with Crippen molar-refractivity contribution in [1.82, 2.24) is 19.8 Å². The van der Waals surface area contributed by atoms with Crippen molar-refractivity contribution in [2.24, 2.45) is 11.8 Å². The Bertz CT molecular complexity index is 877. The molecule has 3 heterocycles. The van der Waals surface area contributed by atoms with E-state index in [4.69, 9.17) is 0 Å². The zero-order valence-corrected chi connectivity index (χ0v) is 18.1. The quantitative estimate of drug-likeness (QED) is 0.706. The summed E-state index contributed by atoms with van der Waals surface area (Å²) in [6, 6.07) is 12.8. The minimum Gasteiger partial charge on any atom is -0.481 e. The van der Waals surface area contributed by atoms with Crippen LogP contribution in [-0.4, -0.2) is 62.6 Å². The van der Waals surface area contributed by atoms with E-state index in [1.54, 1.807) is 12.4 Å². The minimum atomic E-state index is -0.693. The van der Waals surface area contributed by atoms with Gasteiger partial charge in [0.15, 0.2) is 0 Å². The number of rotatable bonds is 8. The lowest BCUT2D eigenvalue weighted by atomic mass is 9.80. The highest BCUT2D eigenvalue weighted by Gasteiger charge is 2.50. The number of nitrogens with zero attached hydrogens (tertiary/aromatic N) is 4. The second-order valence-corrected chi connectivity index (χ2v) is 9.78. The van der Waals surface area contributed by atoms with Crippen molar-refractivity contribution in [3.05, 3.63) is 60.2 Å². The van der Waals surface area contributed by atoms with E-state index in [-0.39, 0.29) is 12.0 Å². The van der Waals surface area contributed by atoms with E-state index in [1.807, 2.05) is 6.07 Å². The molecule has 0 amide bonds. The monoisotopic (exact) mass is 420 g/mol. The van der Waals surface area contributed by atoms with Gasteiger partial charge in [-0.05, 0) is 68.2 Å². The summed E-state index contributed by atoms with van der Waals surface area (Å²) in [5.74, 6) is 2.50. The average Bonchev–Trinajstić information content (AvgIpc) is 3.53. The Hall–Kier alpha value is -2.31. The van der Waals surface area contributed by atoms with Crippen molar-refractivity contribution in [3.8, 4) is 0 Å². The van der Waals surface area contributed by atoms with Crippen molar-refractivity contribution in [3.63, 3.8) is 0 Å². The molecule has 164 valence electrons. The van der Waals surface area contributed by atoms with Crippen LogP contribution in [0.25, 0.3) is 0 Å². The molecule has 2 saturated heterocycles. The number of piperidine rings is 1. The molecular weight excluding hydrogens is 388 g/mol. The fourth-order valence-electron chi connectivity index (χ4n) is 5.90. The number of likely N-dealkylation sites (tertiary alicyclic amines) is 2. The first-order valence-corrected chi connectivity index (χ1v) is 11.6. The van der Waals surface area contributed by atoms with Crippen LogP contribution in [0, 0.1) is 11.8 Å². The van der Waals surface area contributed by atoms with Crippen LogP contribution in [0.4, 0.5) is 0 Å². The molecule has 5 rings (SSSR count). The van der Waals surface area contributed by atoms with Crippen molar-refractivity contribution < 1.29 is 9.90 Å². The minimum absolute atomic E-state index is 0.224. The largest absolute Gasteiger partial charge is 0.481 e. The molecule has 3 aliphatic rings. The van der Waals surface area contributed by atoms with Crippen molar-refractivity contribution in [2.75, 3.05) is 26.2 Å². The Morgan fingerprint density at radius 3 is 2.45 bits per heavy atom. The van der Waals surface area contributed by atoms with Gasteiger partial charge in [0.2, 0.25) is 0 Å². The van der Waals surface area contributed by atoms with Crippen molar-refractivity contribution in [2.45, 2.75) is 50.1 Å². The molecule has 1 aromatic carbocycles. The van der Waals surface area contributed by atoms with Crippen LogP contribution in [0.5, 0.6) is 0 Å². The van der Waals surface area contributed by atoms with Gasteiger partial charge in [-0.15, -0.1) is 0 Å².